The summed E-state index contributed by atoms with van der Waals surface area (Å²) in [5.41, 5.74) is 2.95. The van der Waals surface area contributed by atoms with Gasteiger partial charge in [0, 0.05) is 23.0 Å². The zero-order valence-corrected chi connectivity index (χ0v) is 14.5. The molecule has 2 aromatic rings. The van der Waals surface area contributed by atoms with Crippen LogP contribution >= 0.6 is 15.9 Å². The summed E-state index contributed by atoms with van der Waals surface area (Å²) in [6.07, 6.45) is 3.67. The quantitative estimate of drug-likeness (QED) is 0.790. The van der Waals surface area contributed by atoms with E-state index in [1.54, 1.807) is 18.2 Å². The average molecular weight is 374 g/mol. The van der Waals surface area contributed by atoms with Gasteiger partial charge in [-0.15, -0.1) is 0 Å². The summed E-state index contributed by atoms with van der Waals surface area (Å²) >= 11 is 3.56. The lowest BCUT2D eigenvalue weighted by Gasteiger charge is -2.43. The average Bonchev–Trinajstić information content (AvgIpc) is 2.50. The van der Waals surface area contributed by atoms with Gasteiger partial charge in [-0.25, -0.2) is 4.79 Å². The molecule has 1 aliphatic carbocycles. The van der Waals surface area contributed by atoms with Gasteiger partial charge >= 0.3 is 5.97 Å². The molecule has 120 valence electrons. The first-order valence-corrected chi connectivity index (χ1v) is 8.67. The predicted octanol–water partition coefficient (Wildman–Crippen LogP) is 4.36. The summed E-state index contributed by atoms with van der Waals surface area (Å²) in [7, 11) is 0. The van der Waals surface area contributed by atoms with E-state index < -0.39 is 5.97 Å². The highest BCUT2D eigenvalue weighted by molar-refractivity contribution is 9.10. The van der Waals surface area contributed by atoms with Crippen LogP contribution < -0.4 is 5.32 Å². The van der Waals surface area contributed by atoms with E-state index in [2.05, 4.69) is 45.5 Å². The van der Waals surface area contributed by atoms with Crippen LogP contribution in [0, 0.1) is 0 Å². The van der Waals surface area contributed by atoms with Crippen LogP contribution in [-0.4, -0.2) is 17.6 Å². The van der Waals surface area contributed by atoms with Gasteiger partial charge in [0.05, 0.1) is 5.56 Å². The minimum atomic E-state index is -0.878. The maximum Gasteiger partial charge on any atom is 0.335 e. The van der Waals surface area contributed by atoms with Crippen molar-refractivity contribution in [2.45, 2.75) is 31.2 Å². The fraction of sp³-hybridized carbons (Fsp3) is 0.316. The number of carboxylic acids is 1. The van der Waals surface area contributed by atoms with Crippen molar-refractivity contribution in [2.75, 3.05) is 6.54 Å². The first-order chi connectivity index (χ1) is 11.1. The molecule has 0 spiro atoms. The van der Waals surface area contributed by atoms with Crippen LogP contribution in [0.3, 0.4) is 0 Å². The molecular formula is C19H20BrNO2. The molecule has 1 saturated carbocycles. The van der Waals surface area contributed by atoms with Gasteiger partial charge in [-0.3, -0.25) is 0 Å². The normalized spacial score (nSPS) is 15.9. The zero-order chi connectivity index (χ0) is 16.3. The Balaban J connectivity index is 1.65. The number of nitrogens with one attached hydrogen (secondary N) is 1. The highest BCUT2D eigenvalue weighted by Crippen LogP contribution is 2.43. The third-order valence-electron chi connectivity index (χ3n) is 4.71. The SMILES string of the molecule is O=C(O)c1cccc(CNCC2(c3cccc(Br)c3)CCC2)c1. The van der Waals surface area contributed by atoms with Crippen molar-refractivity contribution < 1.29 is 9.90 Å². The first kappa shape index (κ1) is 16.2. The van der Waals surface area contributed by atoms with Crippen molar-refractivity contribution in [3.05, 3.63) is 69.7 Å². The van der Waals surface area contributed by atoms with E-state index in [9.17, 15) is 4.79 Å². The van der Waals surface area contributed by atoms with E-state index in [4.69, 9.17) is 5.11 Å². The Hall–Kier alpha value is -1.65. The standard InChI is InChI=1S/C19H20BrNO2/c20-17-7-2-6-16(11-17)19(8-3-9-19)13-21-12-14-4-1-5-15(10-14)18(22)23/h1-2,4-7,10-11,21H,3,8-9,12-13H2,(H,22,23). The molecule has 4 heteroatoms. The van der Waals surface area contributed by atoms with E-state index in [0.717, 1.165) is 16.6 Å². The maximum absolute atomic E-state index is 11.0. The van der Waals surface area contributed by atoms with Gasteiger partial charge in [-0.2, -0.15) is 0 Å². The van der Waals surface area contributed by atoms with Crippen LogP contribution in [0.25, 0.3) is 0 Å². The van der Waals surface area contributed by atoms with Crippen molar-refractivity contribution in [3.8, 4) is 0 Å². The van der Waals surface area contributed by atoms with Crippen LogP contribution in [0.2, 0.25) is 0 Å². The van der Waals surface area contributed by atoms with Gasteiger partial charge in [-0.1, -0.05) is 46.6 Å². The van der Waals surface area contributed by atoms with Gasteiger partial charge in [-0.05, 0) is 48.2 Å². The molecule has 0 bridgehead atoms. The van der Waals surface area contributed by atoms with E-state index in [0.29, 0.717) is 12.1 Å². The lowest BCUT2D eigenvalue weighted by molar-refractivity contribution is 0.0696. The van der Waals surface area contributed by atoms with E-state index in [-0.39, 0.29) is 5.41 Å². The second-order valence-corrected chi connectivity index (χ2v) is 7.17. The maximum atomic E-state index is 11.0. The highest BCUT2D eigenvalue weighted by Gasteiger charge is 2.38. The van der Waals surface area contributed by atoms with Gasteiger partial charge in [0.15, 0.2) is 0 Å². The van der Waals surface area contributed by atoms with E-state index in [1.165, 1.54) is 24.8 Å². The number of benzene rings is 2. The smallest absolute Gasteiger partial charge is 0.335 e. The molecule has 2 aromatic carbocycles. The van der Waals surface area contributed by atoms with Crippen molar-refractivity contribution in [2.24, 2.45) is 0 Å². The molecule has 3 rings (SSSR count). The molecule has 1 fully saturated rings. The van der Waals surface area contributed by atoms with Crippen LogP contribution in [0.4, 0.5) is 0 Å². The second-order valence-electron chi connectivity index (χ2n) is 6.25. The number of rotatable bonds is 6. The Morgan fingerprint density at radius 3 is 2.61 bits per heavy atom. The largest absolute Gasteiger partial charge is 0.478 e. The minimum Gasteiger partial charge on any atom is -0.478 e. The fourth-order valence-corrected chi connectivity index (χ4v) is 3.65. The number of hydrogen-bond donors (Lipinski definition) is 2. The molecule has 2 N–H and O–H groups in total. The van der Waals surface area contributed by atoms with Gasteiger partial charge in [0.1, 0.15) is 0 Å². The van der Waals surface area contributed by atoms with Crippen LogP contribution in [0.15, 0.2) is 53.0 Å². The summed E-state index contributed by atoms with van der Waals surface area (Å²) in [4.78, 5) is 11.0. The predicted molar refractivity (Wildman–Crippen MR) is 94.8 cm³/mol. The van der Waals surface area contributed by atoms with Crippen molar-refractivity contribution in [3.63, 3.8) is 0 Å². The Kier molecular flexibility index (Phi) is 4.83. The summed E-state index contributed by atoms with van der Waals surface area (Å²) in [6, 6.07) is 15.7. The molecule has 0 radical (unpaired) electrons. The van der Waals surface area contributed by atoms with Gasteiger partial charge < -0.3 is 10.4 Å². The Labute approximate surface area is 144 Å². The van der Waals surface area contributed by atoms with Crippen LogP contribution in [0.5, 0.6) is 0 Å². The molecule has 0 atom stereocenters. The molecule has 0 unspecified atom stereocenters. The molecule has 0 saturated heterocycles. The minimum absolute atomic E-state index is 0.216. The molecule has 23 heavy (non-hydrogen) atoms. The summed E-state index contributed by atoms with van der Waals surface area (Å²) < 4.78 is 1.12. The number of halogens is 1. The summed E-state index contributed by atoms with van der Waals surface area (Å²) in [6.45, 7) is 1.61. The van der Waals surface area contributed by atoms with E-state index in [1.807, 2.05) is 6.07 Å². The van der Waals surface area contributed by atoms with Gasteiger partial charge in [0.2, 0.25) is 0 Å². The van der Waals surface area contributed by atoms with Crippen molar-refractivity contribution in [1.29, 1.82) is 0 Å². The third-order valence-corrected chi connectivity index (χ3v) is 5.21. The summed E-state index contributed by atoms with van der Waals surface area (Å²) in [5.74, 6) is -0.878. The number of aromatic carboxylic acids is 1. The van der Waals surface area contributed by atoms with Gasteiger partial charge in [0.25, 0.3) is 0 Å². The Morgan fingerprint density at radius 2 is 1.96 bits per heavy atom. The molecule has 0 aliphatic heterocycles. The topological polar surface area (TPSA) is 49.3 Å². The highest BCUT2D eigenvalue weighted by atomic mass is 79.9. The fourth-order valence-electron chi connectivity index (χ4n) is 3.25. The number of carbonyl (C=O) groups is 1. The molecule has 0 heterocycles. The lowest BCUT2D eigenvalue weighted by atomic mass is 9.64. The lowest BCUT2D eigenvalue weighted by Crippen LogP contribution is -2.43. The molecule has 0 aromatic heterocycles. The molecular weight excluding hydrogens is 354 g/mol. The first-order valence-electron chi connectivity index (χ1n) is 7.88. The monoisotopic (exact) mass is 373 g/mol. The zero-order valence-electron chi connectivity index (χ0n) is 12.9. The molecule has 1 aliphatic rings. The van der Waals surface area contributed by atoms with Crippen molar-refractivity contribution in [1.82, 2.24) is 5.32 Å². The van der Waals surface area contributed by atoms with Crippen molar-refractivity contribution >= 4 is 21.9 Å². The molecule has 3 nitrogen and oxygen atoms in total. The second kappa shape index (κ2) is 6.85. The summed E-state index contributed by atoms with van der Waals surface area (Å²) in [5, 5.41) is 12.6. The van der Waals surface area contributed by atoms with Crippen LogP contribution in [0.1, 0.15) is 40.7 Å². The third kappa shape index (κ3) is 3.65. The Bertz CT molecular complexity index is 710. The molecule has 0 amide bonds. The number of carboxylic acid groups (broad SMARTS) is 1. The number of hydrogen-bond acceptors (Lipinski definition) is 2. The van der Waals surface area contributed by atoms with Crippen LogP contribution in [-0.2, 0) is 12.0 Å². The van der Waals surface area contributed by atoms with E-state index >= 15 is 0 Å². The Morgan fingerprint density at radius 1 is 1.17 bits per heavy atom.